The monoisotopic (exact) mass is 489 g/mol. The van der Waals surface area contributed by atoms with Crippen LogP contribution in [0.2, 0.25) is 5.02 Å². The summed E-state index contributed by atoms with van der Waals surface area (Å²) in [6.45, 7) is 0.527. The van der Waals surface area contributed by atoms with Crippen molar-refractivity contribution in [3.63, 3.8) is 0 Å². The molecule has 0 radical (unpaired) electrons. The Morgan fingerprint density at radius 2 is 1.89 bits per heavy atom. The molecule has 35 heavy (non-hydrogen) atoms. The van der Waals surface area contributed by atoms with Crippen LogP contribution < -0.4 is 14.8 Å². The number of hydrogen-bond donors (Lipinski definition) is 1. The van der Waals surface area contributed by atoms with E-state index in [0.29, 0.717) is 22.8 Å². The van der Waals surface area contributed by atoms with Crippen molar-refractivity contribution < 1.29 is 13.9 Å². The Morgan fingerprint density at radius 3 is 2.66 bits per heavy atom. The fraction of sp³-hybridized carbons (Fsp3) is 0.115. The van der Waals surface area contributed by atoms with E-state index in [2.05, 4.69) is 20.6 Å². The largest absolute Gasteiger partial charge is 0.497 e. The first-order valence-electron chi connectivity index (χ1n) is 10.8. The molecular weight excluding hydrogens is 469 g/mol. The van der Waals surface area contributed by atoms with Crippen molar-refractivity contribution in [2.75, 3.05) is 19.5 Å². The van der Waals surface area contributed by atoms with Crippen molar-refractivity contribution in [2.24, 2.45) is 0 Å². The van der Waals surface area contributed by atoms with Crippen LogP contribution in [0.1, 0.15) is 5.56 Å². The summed E-state index contributed by atoms with van der Waals surface area (Å²) in [5.74, 6) is 1.04. The van der Waals surface area contributed by atoms with E-state index >= 15 is 0 Å². The summed E-state index contributed by atoms with van der Waals surface area (Å²) in [6.07, 6.45) is 4.18. The van der Waals surface area contributed by atoms with Crippen molar-refractivity contribution in [3.05, 3.63) is 89.6 Å². The minimum absolute atomic E-state index is 0.417. The van der Waals surface area contributed by atoms with Crippen molar-refractivity contribution in [3.8, 4) is 28.3 Å². The van der Waals surface area contributed by atoms with Crippen molar-refractivity contribution in [1.29, 1.82) is 0 Å². The zero-order valence-electron chi connectivity index (χ0n) is 19.0. The molecule has 0 saturated carbocycles. The standard InChI is InChI=1S/C26H21ClFN5O2/c1-34-20-6-3-17(26(11-20)35-2)12-29-24-14-30-32-23-9-16(4-7-21(23)24)22-10-18(27)5-8-25(22)33-15-19(28)13-31-33/h3-11,13-15H,12H2,1-2H3,(H,29,32). The number of ether oxygens (including phenoxy) is 2. The van der Waals surface area contributed by atoms with Crippen molar-refractivity contribution >= 4 is 28.2 Å². The Kier molecular flexibility index (Phi) is 6.20. The second-order valence-corrected chi connectivity index (χ2v) is 8.22. The maximum absolute atomic E-state index is 13.6. The Bertz CT molecular complexity index is 1520. The van der Waals surface area contributed by atoms with Crippen molar-refractivity contribution in [1.82, 2.24) is 20.0 Å². The molecule has 0 amide bonds. The number of fused-ring (bicyclic) bond motifs is 1. The number of methoxy groups -OCH3 is 2. The number of halogens is 2. The average molecular weight is 490 g/mol. The number of nitrogens with zero attached hydrogens (tertiary/aromatic N) is 4. The van der Waals surface area contributed by atoms with Crippen LogP contribution >= 0.6 is 11.6 Å². The molecule has 2 aromatic heterocycles. The molecule has 0 bridgehead atoms. The molecular formula is C26H21ClFN5O2. The zero-order chi connectivity index (χ0) is 24.4. The molecule has 3 aromatic carbocycles. The van der Waals surface area contributed by atoms with E-state index in [-0.39, 0.29) is 0 Å². The first-order valence-corrected chi connectivity index (χ1v) is 11.1. The van der Waals surface area contributed by atoms with Crippen LogP contribution in [0.25, 0.3) is 27.7 Å². The van der Waals surface area contributed by atoms with Gasteiger partial charge in [-0.25, -0.2) is 9.07 Å². The number of anilines is 1. The van der Waals surface area contributed by atoms with E-state index in [0.717, 1.165) is 39.3 Å². The van der Waals surface area contributed by atoms with E-state index in [4.69, 9.17) is 21.1 Å². The fourth-order valence-corrected chi connectivity index (χ4v) is 4.10. The zero-order valence-corrected chi connectivity index (χ0v) is 19.8. The molecule has 0 aliphatic rings. The van der Waals surface area contributed by atoms with Gasteiger partial charge in [-0.1, -0.05) is 17.7 Å². The fourth-order valence-electron chi connectivity index (χ4n) is 3.93. The van der Waals surface area contributed by atoms with Gasteiger partial charge >= 0.3 is 0 Å². The van der Waals surface area contributed by atoms with E-state index in [1.165, 1.54) is 17.1 Å². The molecule has 0 unspecified atom stereocenters. The van der Waals surface area contributed by atoms with Gasteiger partial charge in [-0.15, -0.1) is 0 Å². The lowest BCUT2D eigenvalue weighted by Gasteiger charge is -2.14. The third-order valence-corrected chi connectivity index (χ3v) is 5.91. The Hall–Kier alpha value is -4.17. The summed E-state index contributed by atoms with van der Waals surface area (Å²) in [6, 6.07) is 16.9. The molecule has 0 spiro atoms. The van der Waals surface area contributed by atoms with E-state index in [1.807, 2.05) is 42.5 Å². The van der Waals surface area contributed by atoms with Gasteiger partial charge in [0.15, 0.2) is 5.82 Å². The summed E-state index contributed by atoms with van der Waals surface area (Å²) < 4.78 is 25.9. The van der Waals surface area contributed by atoms with E-state index < -0.39 is 5.82 Å². The third-order valence-electron chi connectivity index (χ3n) is 5.67. The summed E-state index contributed by atoms with van der Waals surface area (Å²) in [4.78, 5) is 0. The third kappa shape index (κ3) is 4.61. The maximum atomic E-state index is 13.6. The molecule has 176 valence electrons. The molecule has 5 aromatic rings. The van der Waals surface area contributed by atoms with Gasteiger partial charge in [0.1, 0.15) is 11.5 Å². The highest BCUT2D eigenvalue weighted by Gasteiger charge is 2.13. The molecule has 2 heterocycles. The van der Waals surface area contributed by atoms with Crippen LogP contribution in [0.5, 0.6) is 11.5 Å². The Labute approximate surface area is 206 Å². The SMILES string of the molecule is COc1ccc(CNc2cnnc3cc(-c4cc(Cl)ccc4-n4cc(F)cn4)ccc23)c(OC)c1. The second-order valence-electron chi connectivity index (χ2n) is 7.79. The lowest BCUT2D eigenvalue weighted by Crippen LogP contribution is -2.03. The highest BCUT2D eigenvalue weighted by Crippen LogP contribution is 2.33. The number of nitrogens with one attached hydrogen (secondary N) is 1. The highest BCUT2D eigenvalue weighted by molar-refractivity contribution is 6.31. The first kappa shape index (κ1) is 22.6. The Balaban J connectivity index is 1.48. The van der Waals surface area contributed by atoms with Gasteiger partial charge in [0.2, 0.25) is 0 Å². The van der Waals surface area contributed by atoms with Crippen LogP contribution in [0, 0.1) is 5.82 Å². The lowest BCUT2D eigenvalue weighted by molar-refractivity contribution is 0.391. The molecule has 5 rings (SSSR count). The van der Waals surface area contributed by atoms with Crippen LogP contribution in [0.3, 0.4) is 0 Å². The van der Waals surface area contributed by atoms with Crippen LogP contribution in [0.4, 0.5) is 10.1 Å². The normalized spacial score (nSPS) is 11.0. The highest BCUT2D eigenvalue weighted by atomic mass is 35.5. The smallest absolute Gasteiger partial charge is 0.161 e. The topological polar surface area (TPSA) is 74.1 Å². The molecule has 0 fully saturated rings. The van der Waals surface area contributed by atoms with Gasteiger partial charge in [0.05, 0.1) is 49.7 Å². The molecule has 0 saturated heterocycles. The molecule has 0 atom stereocenters. The summed E-state index contributed by atoms with van der Waals surface area (Å²) in [5, 5.41) is 17.5. The van der Waals surface area contributed by atoms with Gasteiger partial charge in [0.25, 0.3) is 0 Å². The molecule has 0 aliphatic heterocycles. The maximum Gasteiger partial charge on any atom is 0.161 e. The quantitative estimate of drug-likeness (QED) is 0.306. The molecule has 9 heteroatoms. The van der Waals surface area contributed by atoms with Gasteiger partial charge in [0, 0.05) is 34.1 Å². The van der Waals surface area contributed by atoms with Gasteiger partial charge in [-0.3, -0.25) is 0 Å². The summed E-state index contributed by atoms with van der Waals surface area (Å²) in [7, 11) is 3.25. The van der Waals surface area contributed by atoms with Gasteiger partial charge in [-0.05, 0) is 48.0 Å². The molecule has 7 nitrogen and oxygen atoms in total. The molecule has 1 N–H and O–H groups in total. The predicted molar refractivity (Wildman–Crippen MR) is 134 cm³/mol. The average Bonchev–Trinajstić information content (AvgIpc) is 3.32. The number of rotatable bonds is 7. The minimum atomic E-state index is -0.417. The minimum Gasteiger partial charge on any atom is -0.497 e. The summed E-state index contributed by atoms with van der Waals surface area (Å²) >= 11 is 6.29. The summed E-state index contributed by atoms with van der Waals surface area (Å²) in [5.41, 5.74) is 4.86. The van der Waals surface area contributed by atoms with Crippen LogP contribution in [-0.4, -0.2) is 34.2 Å². The molecule has 0 aliphatic carbocycles. The van der Waals surface area contributed by atoms with Crippen LogP contribution in [-0.2, 0) is 6.54 Å². The van der Waals surface area contributed by atoms with E-state index in [1.54, 1.807) is 32.5 Å². The number of hydrogen-bond acceptors (Lipinski definition) is 6. The first-order chi connectivity index (χ1) is 17.1. The van der Waals surface area contributed by atoms with E-state index in [9.17, 15) is 4.39 Å². The lowest BCUT2D eigenvalue weighted by atomic mass is 10.0. The van der Waals surface area contributed by atoms with Crippen molar-refractivity contribution in [2.45, 2.75) is 6.54 Å². The van der Waals surface area contributed by atoms with Gasteiger partial charge < -0.3 is 14.8 Å². The second kappa shape index (κ2) is 9.60. The van der Waals surface area contributed by atoms with Gasteiger partial charge in [-0.2, -0.15) is 15.3 Å². The van der Waals surface area contributed by atoms with Crippen LogP contribution in [0.15, 0.2) is 73.2 Å². The number of aromatic nitrogens is 4. The predicted octanol–water partition coefficient (Wildman–Crippen LogP) is 5.90. The number of benzene rings is 3. The Morgan fingerprint density at radius 1 is 1.00 bits per heavy atom.